The van der Waals surface area contributed by atoms with Crippen molar-refractivity contribution in [2.24, 2.45) is 0 Å². The monoisotopic (exact) mass is 342 g/mol. The van der Waals surface area contributed by atoms with Gasteiger partial charge in [-0.15, -0.1) is 0 Å². The number of carbonyl (C=O) groups is 1. The molecule has 10 heteroatoms. The van der Waals surface area contributed by atoms with E-state index in [2.05, 4.69) is 36.5 Å². The maximum Gasteiger partial charge on any atom is 0.319 e. The summed E-state index contributed by atoms with van der Waals surface area (Å²) in [5.41, 5.74) is -0.477. The number of hydrogen-bond donors (Lipinski definition) is 2. The molecule has 0 unspecified atom stereocenters. The van der Waals surface area contributed by atoms with E-state index in [1.54, 1.807) is 10.9 Å². The molecule has 2 aromatic rings. The third-order valence-corrected chi connectivity index (χ3v) is 2.90. The molecule has 106 valence electrons. The fourth-order valence-electron chi connectivity index (χ4n) is 1.58. The van der Waals surface area contributed by atoms with Crippen LogP contribution >= 0.6 is 15.9 Å². The van der Waals surface area contributed by atoms with E-state index in [9.17, 15) is 14.9 Å². The van der Waals surface area contributed by atoms with Gasteiger partial charge < -0.3 is 5.32 Å². The molecule has 2 aromatic heterocycles. The Labute approximate surface area is 121 Å². The van der Waals surface area contributed by atoms with Gasteiger partial charge in [-0.25, -0.2) is 0 Å². The summed E-state index contributed by atoms with van der Waals surface area (Å²) in [6.45, 7) is 1.02. The molecule has 0 aliphatic carbocycles. The van der Waals surface area contributed by atoms with Crippen LogP contribution in [0.15, 0.2) is 23.1 Å². The van der Waals surface area contributed by atoms with E-state index < -0.39 is 10.8 Å². The van der Waals surface area contributed by atoms with Gasteiger partial charge in [0, 0.05) is 19.3 Å². The Morgan fingerprint density at radius 1 is 1.55 bits per heavy atom. The number of nitrogens with zero attached hydrogens (tertiary/aromatic N) is 4. The van der Waals surface area contributed by atoms with E-state index in [4.69, 9.17) is 0 Å². The molecule has 0 fully saturated rings. The number of aryl methyl sites for hydroxylation is 1. The van der Waals surface area contributed by atoms with E-state index in [1.165, 1.54) is 0 Å². The Balaban J connectivity index is 1.80. The quantitative estimate of drug-likeness (QED) is 0.462. The number of hydrogen-bond acceptors (Lipinski definition) is 5. The highest BCUT2D eigenvalue weighted by molar-refractivity contribution is 9.10. The highest BCUT2D eigenvalue weighted by Gasteiger charge is 2.22. The summed E-state index contributed by atoms with van der Waals surface area (Å²) in [6, 6.07) is 0. The van der Waals surface area contributed by atoms with Crippen molar-refractivity contribution in [2.75, 3.05) is 6.54 Å². The predicted octanol–water partition coefficient (Wildman–Crippen LogP) is 1.10. The van der Waals surface area contributed by atoms with Crippen LogP contribution in [-0.2, 0) is 6.54 Å². The lowest BCUT2D eigenvalue weighted by Gasteiger charge is -2.03. The van der Waals surface area contributed by atoms with Crippen molar-refractivity contribution in [3.05, 3.63) is 38.9 Å². The van der Waals surface area contributed by atoms with Gasteiger partial charge in [0.15, 0.2) is 0 Å². The van der Waals surface area contributed by atoms with Gasteiger partial charge >= 0.3 is 5.69 Å². The van der Waals surface area contributed by atoms with E-state index in [-0.39, 0.29) is 11.4 Å². The minimum Gasteiger partial charge on any atom is -0.350 e. The van der Waals surface area contributed by atoms with Crippen molar-refractivity contribution in [2.45, 2.75) is 13.0 Å². The number of H-pyrrole nitrogens is 1. The second kappa shape index (κ2) is 6.28. The Bertz CT molecular complexity index is 622. The molecule has 20 heavy (non-hydrogen) atoms. The van der Waals surface area contributed by atoms with Crippen LogP contribution in [0.5, 0.6) is 0 Å². The Kier molecular flexibility index (Phi) is 4.45. The zero-order chi connectivity index (χ0) is 14.5. The van der Waals surface area contributed by atoms with E-state index in [1.807, 2.05) is 6.20 Å². The lowest BCUT2D eigenvalue weighted by Crippen LogP contribution is -2.26. The highest BCUT2D eigenvalue weighted by Crippen LogP contribution is 2.13. The maximum absolute atomic E-state index is 11.7. The number of amides is 1. The number of rotatable bonds is 6. The molecule has 0 spiro atoms. The van der Waals surface area contributed by atoms with Crippen molar-refractivity contribution in [1.29, 1.82) is 0 Å². The first-order valence-electron chi connectivity index (χ1n) is 5.72. The van der Waals surface area contributed by atoms with Gasteiger partial charge in [-0.1, -0.05) is 0 Å². The van der Waals surface area contributed by atoms with Crippen LogP contribution < -0.4 is 5.32 Å². The zero-order valence-corrected chi connectivity index (χ0v) is 11.8. The lowest BCUT2D eigenvalue weighted by atomic mass is 10.3. The van der Waals surface area contributed by atoms with E-state index >= 15 is 0 Å². The van der Waals surface area contributed by atoms with Crippen LogP contribution in [0.3, 0.4) is 0 Å². The first kappa shape index (κ1) is 14.2. The third kappa shape index (κ3) is 3.41. The summed E-state index contributed by atoms with van der Waals surface area (Å²) in [5.74, 6) is -0.546. The van der Waals surface area contributed by atoms with Crippen LogP contribution in [-0.4, -0.2) is 37.4 Å². The minimum atomic E-state index is -0.653. The molecule has 2 heterocycles. The average molecular weight is 343 g/mol. The predicted molar refractivity (Wildman–Crippen MR) is 72.1 cm³/mol. The highest BCUT2D eigenvalue weighted by atomic mass is 79.9. The van der Waals surface area contributed by atoms with Crippen molar-refractivity contribution in [3.63, 3.8) is 0 Å². The Morgan fingerprint density at radius 2 is 2.35 bits per heavy atom. The number of aromatic amines is 1. The summed E-state index contributed by atoms with van der Waals surface area (Å²) in [6.07, 6.45) is 5.16. The van der Waals surface area contributed by atoms with E-state index in [0.29, 0.717) is 19.5 Å². The van der Waals surface area contributed by atoms with Crippen LogP contribution in [0, 0.1) is 10.1 Å². The van der Waals surface area contributed by atoms with Gasteiger partial charge in [-0.3, -0.25) is 24.7 Å². The van der Waals surface area contributed by atoms with Crippen molar-refractivity contribution in [1.82, 2.24) is 25.3 Å². The lowest BCUT2D eigenvalue weighted by molar-refractivity contribution is -0.385. The molecular weight excluding hydrogens is 332 g/mol. The average Bonchev–Trinajstić information content (AvgIpc) is 3.03. The fraction of sp³-hybridized carbons (Fsp3) is 0.300. The van der Waals surface area contributed by atoms with Gasteiger partial charge in [0.1, 0.15) is 6.20 Å². The number of halogens is 1. The number of nitrogens with one attached hydrogen (secondary N) is 2. The molecule has 0 aliphatic heterocycles. The number of carbonyl (C=O) groups excluding carboxylic acids is 1. The molecule has 9 nitrogen and oxygen atoms in total. The molecule has 2 rings (SSSR count). The first-order chi connectivity index (χ1) is 9.58. The maximum atomic E-state index is 11.7. The smallest absolute Gasteiger partial charge is 0.319 e. The Morgan fingerprint density at radius 3 is 3.00 bits per heavy atom. The topological polar surface area (TPSA) is 119 Å². The standard InChI is InChI=1S/C10H11BrN6O3/c11-7-4-14-16(6-7)3-1-2-12-10(18)9-8(17(19)20)5-13-15-9/h4-6H,1-3H2,(H,12,18)(H,13,15). The largest absolute Gasteiger partial charge is 0.350 e. The minimum absolute atomic E-state index is 0.142. The van der Waals surface area contributed by atoms with Gasteiger partial charge in [0.2, 0.25) is 5.69 Å². The molecule has 2 N–H and O–H groups in total. The van der Waals surface area contributed by atoms with Crippen molar-refractivity contribution >= 4 is 27.5 Å². The summed E-state index contributed by atoms with van der Waals surface area (Å²) >= 11 is 3.28. The van der Waals surface area contributed by atoms with Crippen LogP contribution in [0.2, 0.25) is 0 Å². The van der Waals surface area contributed by atoms with Gasteiger partial charge in [0.05, 0.1) is 15.6 Å². The molecule has 0 aliphatic rings. The molecular formula is C10H11BrN6O3. The molecule has 0 atom stereocenters. The van der Waals surface area contributed by atoms with Gasteiger partial charge in [-0.05, 0) is 22.4 Å². The molecule has 0 bridgehead atoms. The van der Waals surface area contributed by atoms with Crippen LogP contribution in [0.1, 0.15) is 16.9 Å². The molecule has 0 saturated carbocycles. The van der Waals surface area contributed by atoms with Crippen molar-refractivity contribution in [3.8, 4) is 0 Å². The normalized spacial score (nSPS) is 10.4. The number of aromatic nitrogens is 4. The molecule has 0 radical (unpaired) electrons. The third-order valence-electron chi connectivity index (χ3n) is 2.49. The summed E-state index contributed by atoms with van der Waals surface area (Å²) in [4.78, 5) is 21.7. The van der Waals surface area contributed by atoms with Crippen molar-refractivity contribution < 1.29 is 9.72 Å². The second-order valence-electron chi connectivity index (χ2n) is 3.92. The second-order valence-corrected chi connectivity index (χ2v) is 4.83. The molecule has 1 amide bonds. The van der Waals surface area contributed by atoms with Gasteiger partial charge in [0.25, 0.3) is 5.91 Å². The van der Waals surface area contributed by atoms with E-state index in [0.717, 1.165) is 10.7 Å². The number of nitro groups is 1. The van der Waals surface area contributed by atoms with Crippen LogP contribution in [0.4, 0.5) is 5.69 Å². The molecule has 0 saturated heterocycles. The zero-order valence-electron chi connectivity index (χ0n) is 10.2. The summed E-state index contributed by atoms with van der Waals surface area (Å²) < 4.78 is 2.61. The summed E-state index contributed by atoms with van der Waals surface area (Å²) in [7, 11) is 0. The fourth-order valence-corrected chi connectivity index (χ4v) is 1.91. The van der Waals surface area contributed by atoms with Crippen LogP contribution in [0.25, 0.3) is 0 Å². The van der Waals surface area contributed by atoms with Gasteiger partial charge in [-0.2, -0.15) is 10.2 Å². The Hall–Kier alpha value is -2.23. The SMILES string of the molecule is O=C(NCCCn1cc(Br)cn1)c1[nH]ncc1[N+](=O)[O-]. The summed E-state index contributed by atoms with van der Waals surface area (Å²) in [5, 5.41) is 23.1. The first-order valence-corrected chi connectivity index (χ1v) is 6.51. The molecule has 0 aromatic carbocycles.